The predicted octanol–water partition coefficient (Wildman–Crippen LogP) is 7.32. The third-order valence-electron chi connectivity index (χ3n) is 7.09. The lowest BCUT2D eigenvalue weighted by Crippen LogP contribution is -2.25. The van der Waals surface area contributed by atoms with Crippen molar-refractivity contribution in [1.29, 1.82) is 0 Å². The second-order valence-corrected chi connectivity index (χ2v) is 9.27. The Bertz CT molecular complexity index is 733. The minimum atomic E-state index is -0.0695. The van der Waals surface area contributed by atoms with Crippen molar-refractivity contribution in [2.45, 2.75) is 84.5 Å². The Morgan fingerprint density at radius 1 is 0.967 bits per heavy atom. The van der Waals surface area contributed by atoms with E-state index in [4.69, 9.17) is 4.74 Å². The van der Waals surface area contributed by atoms with Crippen LogP contribution in [0, 0.1) is 35.5 Å². The number of ether oxygens (including phenoxy) is 1. The molecule has 0 aromatic heterocycles. The first-order chi connectivity index (χ1) is 14.7. The van der Waals surface area contributed by atoms with Crippen LogP contribution in [0.3, 0.4) is 0 Å². The summed E-state index contributed by atoms with van der Waals surface area (Å²) < 4.78 is 5.61. The van der Waals surface area contributed by atoms with Crippen molar-refractivity contribution in [3.8, 4) is 17.6 Å². The third-order valence-corrected chi connectivity index (χ3v) is 7.09. The number of carbonyl (C=O) groups is 1. The maximum absolute atomic E-state index is 12.4. The summed E-state index contributed by atoms with van der Waals surface area (Å²) in [6, 6.07) is 7.59. The molecule has 0 saturated heterocycles. The monoisotopic (exact) mass is 406 g/mol. The van der Waals surface area contributed by atoms with E-state index in [9.17, 15) is 4.79 Å². The van der Waals surface area contributed by atoms with Crippen LogP contribution in [0.25, 0.3) is 0 Å². The number of carbonyl (C=O) groups excluding carboxylic acids is 1. The number of esters is 1. The smallest absolute Gasteiger partial charge is 0.314 e. The van der Waals surface area contributed by atoms with Crippen LogP contribution >= 0.6 is 0 Å². The van der Waals surface area contributed by atoms with E-state index in [2.05, 4.69) is 31.8 Å². The van der Waals surface area contributed by atoms with Crippen LogP contribution in [0.2, 0.25) is 0 Å². The van der Waals surface area contributed by atoms with Gasteiger partial charge in [-0.3, -0.25) is 4.79 Å². The van der Waals surface area contributed by atoms with Crippen LogP contribution in [0.4, 0.5) is 0 Å². The zero-order chi connectivity index (χ0) is 21.2. The molecule has 1 aromatic carbocycles. The predicted molar refractivity (Wildman–Crippen MR) is 124 cm³/mol. The average Bonchev–Trinajstić information content (AvgIpc) is 2.79. The van der Waals surface area contributed by atoms with Gasteiger partial charge in [0, 0.05) is 5.56 Å². The van der Waals surface area contributed by atoms with Gasteiger partial charge in [0.25, 0.3) is 0 Å². The first kappa shape index (κ1) is 22.7. The summed E-state index contributed by atoms with van der Waals surface area (Å²) in [5.41, 5.74) is 0.953. The van der Waals surface area contributed by atoms with Gasteiger partial charge >= 0.3 is 5.97 Å². The highest BCUT2D eigenvalue weighted by molar-refractivity contribution is 5.75. The number of hydrogen-bond donors (Lipinski definition) is 0. The Morgan fingerprint density at radius 2 is 1.63 bits per heavy atom. The largest absolute Gasteiger partial charge is 0.426 e. The van der Waals surface area contributed by atoms with Crippen LogP contribution in [0.15, 0.2) is 36.4 Å². The fourth-order valence-electron chi connectivity index (χ4n) is 5.00. The molecule has 0 radical (unpaired) electrons. The van der Waals surface area contributed by atoms with Gasteiger partial charge in [0.1, 0.15) is 5.75 Å². The van der Waals surface area contributed by atoms with Crippen molar-refractivity contribution in [1.82, 2.24) is 0 Å². The van der Waals surface area contributed by atoms with Crippen molar-refractivity contribution >= 4 is 5.97 Å². The van der Waals surface area contributed by atoms with Gasteiger partial charge in [0.2, 0.25) is 0 Å². The molecule has 0 bridgehead atoms. The van der Waals surface area contributed by atoms with Crippen LogP contribution in [-0.2, 0) is 4.79 Å². The first-order valence-electron chi connectivity index (χ1n) is 12.2. The maximum atomic E-state index is 12.4. The second kappa shape index (κ2) is 12.0. The molecule has 0 spiro atoms. The van der Waals surface area contributed by atoms with Crippen LogP contribution in [0.5, 0.6) is 5.75 Å². The first-order valence-corrected chi connectivity index (χ1v) is 12.2. The maximum Gasteiger partial charge on any atom is 0.314 e. The summed E-state index contributed by atoms with van der Waals surface area (Å²) in [5.74, 6) is 9.42. The summed E-state index contributed by atoms with van der Waals surface area (Å²) in [7, 11) is 0. The molecule has 2 aliphatic rings. The summed E-state index contributed by atoms with van der Waals surface area (Å²) in [6.45, 7) is 4.53. The molecule has 3 rings (SSSR count). The molecule has 2 fully saturated rings. The van der Waals surface area contributed by atoms with Crippen molar-refractivity contribution in [3.05, 3.63) is 42.0 Å². The van der Waals surface area contributed by atoms with E-state index in [1.165, 1.54) is 44.9 Å². The zero-order valence-corrected chi connectivity index (χ0v) is 18.9. The van der Waals surface area contributed by atoms with Crippen LogP contribution in [-0.4, -0.2) is 5.97 Å². The molecular weight excluding hydrogens is 368 g/mol. The lowest BCUT2D eigenvalue weighted by molar-refractivity contribution is -0.140. The van der Waals surface area contributed by atoms with E-state index in [1.807, 2.05) is 30.3 Å². The molecular formula is C28H38O2. The van der Waals surface area contributed by atoms with Crippen molar-refractivity contribution < 1.29 is 9.53 Å². The molecule has 2 aliphatic carbocycles. The molecule has 0 N–H and O–H groups in total. The fraction of sp³-hybridized carbons (Fsp3) is 0.607. The molecule has 2 saturated carbocycles. The van der Waals surface area contributed by atoms with E-state index in [0.717, 1.165) is 43.1 Å². The normalized spacial score (nSPS) is 26.7. The fourth-order valence-corrected chi connectivity index (χ4v) is 5.00. The summed E-state index contributed by atoms with van der Waals surface area (Å²) in [4.78, 5) is 12.4. The average molecular weight is 407 g/mol. The molecule has 1 aromatic rings. The molecule has 162 valence electrons. The number of benzene rings is 1. The lowest BCUT2D eigenvalue weighted by Gasteiger charge is -2.26. The molecule has 2 heteroatoms. The van der Waals surface area contributed by atoms with Crippen LogP contribution in [0.1, 0.15) is 90.0 Å². The Kier molecular flexibility index (Phi) is 9.06. The second-order valence-electron chi connectivity index (χ2n) is 9.27. The van der Waals surface area contributed by atoms with Gasteiger partial charge in [-0.2, -0.15) is 0 Å². The van der Waals surface area contributed by atoms with E-state index in [0.29, 0.717) is 11.7 Å². The van der Waals surface area contributed by atoms with Crippen LogP contribution < -0.4 is 4.74 Å². The molecule has 0 aliphatic heterocycles. The number of hydrogen-bond acceptors (Lipinski definition) is 2. The third kappa shape index (κ3) is 7.05. The van der Waals surface area contributed by atoms with Gasteiger partial charge in [-0.25, -0.2) is 0 Å². The highest BCUT2D eigenvalue weighted by Gasteiger charge is 2.27. The van der Waals surface area contributed by atoms with Crippen molar-refractivity contribution in [3.63, 3.8) is 0 Å². The van der Waals surface area contributed by atoms with Gasteiger partial charge in [-0.05, 0) is 99.5 Å². The van der Waals surface area contributed by atoms with Crippen molar-refractivity contribution in [2.24, 2.45) is 23.7 Å². The minimum Gasteiger partial charge on any atom is -0.426 e. The quantitative estimate of drug-likeness (QED) is 0.281. The Morgan fingerprint density at radius 3 is 2.27 bits per heavy atom. The van der Waals surface area contributed by atoms with E-state index < -0.39 is 0 Å². The Labute approximate surface area is 183 Å². The standard InChI is InChI=1S/C28H38O2/c1-3-7-23-10-12-24(13-11-23)8-5-6-9-25-16-20-27(21-17-25)30-28(29)26-18-14-22(4-2)15-19-26/h5,8,16-17,20-24,26H,3-4,7,10-15,18-19H2,1-2H3. The topological polar surface area (TPSA) is 26.3 Å². The molecule has 0 amide bonds. The molecule has 2 nitrogen and oxygen atoms in total. The van der Waals surface area contributed by atoms with E-state index in [-0.39, 0.29) is 11.9 Å². The van der Waals surface area contributed by atoms with E-state index >= 15 is 0 Å². The number of allylic oxidation sites excluding steroid dienone is 2. The zero-order valence-electron chi connectivity index (χ0n) is 18.9. The van der Waals surface area contributed by atoms with Gasteiger partial charge in [-0.1, -0.05) is 51.0 Å². The Hall–Kier alpha value is -2.01. The highest BCUT2D eigenvalue weighted by atomic mass is 16.5. The van der Waals surface area contributed by atoms with E-state index in [1.54, 1.807) is 0 Å². The lowest BCUT2D eigenvalue weighted by atomic mass is 9.80. The SMILES string of the molecule is CCCC1CCC(C=CC#Cc2ccc(OC(=O)C3CCC(CC)CC3)cc2)CC1. The summed E-state index contributed by atoms with van der Waals surface area (Å²) in [5, 5.41) is 0. The summed E-state index contributed by atoms with van der Waals surface area (Å²) >= 11 is 0. The summed E-state index contributed by atoms with van der Waals surface area (Å²) in [6.07, 6.45) is 17.8. The van der Waals surface area contributed by atoms with Crippen molar-refractivity contribution in [2.75, 3.05) is 0 Å². The van der Waals surface area contributed by atoms with Gasteiger partial charge in [0.05, 0.1) is 5.92 Å². The van der Waals surface area contributed by atoms with Gasteiger partial charge in [0.15, 0.2) is 0 Å². The molecule has 0 unspecified atom stereocenters. The Balaban J connectivity index is 1.42. The highest BCUT2D eigenvalue weighted by Crippen LogP contribution is 2.32. The van der Waals surface area contributed by atoms with Gasteiger partial charge in [-0.15, -0.1) is 0 Å². The molecule has 30 heavy (non-hydrogen) atoms. The minimum absolute atomic E-state index is 0.0643. The number of rotatable bonds is 6. The molecule has 0 heterocycles. The molecule has 0 atom stereocenters. The van der Waals surface area contributed by atoms with Gasteiger partial charge < -0.3 is 4.74 Å².